The Morgan fingerprint density at radius 2 is 2.08 bits per heavy atom. The Morgan fingerprint density at radius 3 is 2.77 bits per heavy atom. The summed E-state index contributed by atoms with van der Waals surface area (Å²) in [5.41, 5.74) is 2.03. The average molecular weight is 354 g/mol. The minimum atomic E-state index is -0.0655. The molecule has 0 N–H and O–H groups in total. The molecular weight excluding hydrogens is 328 g/mol. The van der Waals surface area contributed by atoms with Crippen LogP contribution in [0, 0.1) is 18.8 Å². The molecule has 4 rings (SSSR count). The van der Waals surface area contributed by atoms with Gasteiger partial charge >= 0.3 is 0 Å². The lowest BCUT2D eigenvalue weighted by atomic mass is 9.88. The van der Waals surface area contributed by atoms with Gasteiger partial charge in [0.1, 0.15) is 0 Å². The molecule has 2 aromatic rings. The normalized spacial score (nSPS) is 23.2. The van der Waals surface area contributed by atoms with Gasteiger partial charge in [-0.25, -0.2) is 0 Å². The first-order valence-electron chi connectivity index (χ1n) is 9.57. The molecule has 0 radical (unpaired) electrons. The molecule has 1 aromatic carbocycles. The minimum Gasteiger partial charge on any atom is -0.377 e. The number of hydrogen-bond donors (Lipinski definition) is 0. The van der Waals surface area contributed by atoms with E-state index in [9.17, 15) is 4.79 Å². The predicted octanol–water partition coefficient (Wildman–Crippen LogP) is 3.48. The van der Waals surface area contributed by atoms with Crippen LogP contribution in [0.2, 0.25) is 0 Å². The predicted molar refractivity (Wildman–Crippen MR) is 97.9 cm³/mol. The lowest BCUT2D eigenvalue weighted by molar-refractivity contribution is -0.0332. The Balaban J connectivity index is 1.45. The molecule has 5 heteroatoms. The van der Waals surface area contributed by atoms with Crippen molar-refractivity contribution in [1.82, 2.24) is 10.1 Å². The zero-order valence-electron chi connectivity index (χ0n) is 15.3. The molecule has 0 bridgehead atoms. The monoisotopic (exact) mass is 354 g/mol. The molecule has 2 atom stereocenters. The number of aromatic nitrogens is 1. The smallest absolute Gasteiger partial charge is 0.292 e. The minimum absolute atomic E-state index is 0.0655. The standard InChI is InChI=1S/C21H26N2O3/c1-15-11-20(26-22-15)21(24)23-10-9-19(25-14-17-7-8-17)18(13-23)12-16-5-3-2-4-6-16/h2-6,11,17-19H,7-10,12-14H2,1H3/t18-,19-/m1/s1. The summed E-state index contributed by atoms with van der Waals surface area (Å²) < 4.78 is 11.4. The average Bonchev–Trinajstić information content (AvgIpc) is 3.39. The fraction of sp³-hybridized carbons (Fsp3) is 0.524. The molecule has 5 nitrogen and oxygen atoms in total. The van der Waals surface area contributed by atoms with Crippen molar-refractivity contribution in [3.8, 4) is 0 Å². The number of hydrogen-bond acceptors (Lipinski definition) is 4. The van der Waals surface area contributed by atoms with Crippen LogP contribution in [0.5, 0.6) is 0 Å². The van der Waals surface area contributed by atoms with E-state index >= 15 is 0 Å². The van der Waals surface area contributed by atoms with E-state index in [1.165, 1.54) is 18.4 Å². The van der Waals surface area contributed by atoms with Crippen LogP contribution in [0.15, 0.2) is 40.9 Å². The zero-order valence-corrected chi connectivity index (χ0v) is 15.3. The Kier molecular flexibility index (Phi) is 5.07. The fourth-order valence-corrected chi connectivity index (χ4v) is 3.69. The molecule has 2 fully saturated rings. The van der Waals surface area contributed by atoms with Crippen molar-refractivity contribution in [2.24, 2.45) is 11.8 Å². The van der Waals surface area contributed by atoms with E-state index in [1.54, 1.807) is 6.07 Å². The molecule has 1 amide bonds. The van der Waals surface area contributed by atoms with E-state index in [1.807, 2.05) is 17.9 Å². The molecule has 26 heavy (non-hydrogen) atoms. The molecule has 2 aliphatic rings. The molecular formula is C21H26N2O3. The van der Waals surface area contributed by atoms with Gasteiger partial charge in [-0.3, -0.25) is 4.79 Å². The summed E-state index contributed by atoms with van der Waals surface area (Å²) in [5.74, 6) is 1.32. The first-order valence-corrected chi connectivity index (χ1v) is 9.57. The number of ether oxygens (including phenoxy) is 1. The molecule has 1 aromatic heterocycles. The van der Waals surface area contributed by atoms with Gasteiger partial charge in [-0.1, -0.05) is 35.5 Å². The van der Waals surface area contributed by atoms with Crippen LogP contribution in [-0.2, 0) is 11.2 Å². The van der Waals surface area contributed by atoms with Crippen molar-refractivity contribution < 1.29 is 14.1 Å². The largest absolute Gasteiger partial charge is 0.377 e. The molecule has 0 spiro atoms. The number of piperidine rings is 1. The van der Waals surface area contributed by atoms with Gasteiger partial charge in [0.05, 0.1) is 11.8 Å². The molecule has 1 aliphatic carbocycles. The number of nitrogens with zero attached hydrogens (tertiary/aromatic N) is 2. The van der Waals surface area contributed by atoms with Gasteiger partial charge in [-0.15, -0.1) is 0 Å². The molecule has 1 aliphatic heterocycles. The van der Waals surface area contributed by atoms with Gasteiger partial charge in [0.15, 0.2) is 0 Å². The quantitative estimate of drug-likeness (QED) is 0.797. The van der Waals surface area contributed by atoms with Crippen LogP contribution in [0.25, 0.3) is 0 Å². The van der Waals surface area contributed by atoms with E-state index < -0.39 is 0 Å². The first-order chi connectivity index (χ1) is 12.7. The number of benzene rings is 1. The summed E-state index contributed by atoms with van der Waals surface area (Å²) in [6.45, 7) is 4.10. The van der Waals surface area contributed by atoms with Gasteiger partial charge in [-0.2, -0.15) is 0 Å². The van der Waals surface area contributed by atoms with Crippen molar-refractivity contribution in [3.05, 3.63) is 53.4 Å². The molecule has 0 unspecified atom stereocenters. The van der Waals surface area contributed by atoms with Crippen molar-refractivity contribution in [2.75, 3.05) is 19.7 Å². The van der Waals surface area contributed by atoms with Crippen molar-refractivity contribution >= 4 is 5.91 Å². The maximum Gasteiger partial charge on any atom is 0.292 e. The van der Waals surface area contributed by atoms with Crippen LogP contribution < -0.4 is 0 Å². The summed E-state index contributed by atoms with van der Waals surface area (Å²) in [6, 6.07) is 12.2. The van der Waals surface area contributed by atoms with Crippen LogP contribution in [-0.4, -0.2) is 41.8 Å². The maximum absolute atomic E-state index is 12.7. The van der Waals surface area contributed by atoms with E-state index in [0.29, 0.717) is 24.8 Å². The summed E-state index contributed by atoms with van der Waals surface area (Å²) in [6.07, 6.45) is 4.62. The highest BCUT2D eigenvalue weighted by Gasteiger charge is 2.35. The highest BCUT2D eigenvalue weighted by Crippen LogP contribution is 2.32. The Labute approximate surface area is 154 Å². The summed E-state index contributed by atoms with van der Waals surface area (Å²) in [4.78, 5) is 14.6. The number of aryl methyl sites for hydroxylation is 1. The molecule has 1 saturated carbocycles. The number of carbonyl (C=O) groups excluding carboxylic acids is 1. The Morgan fingerprint density at radius 1 is 1.27 bits per heavy atom. The van der Waals surface area contributed by atoms with E-state index in [-0.39, 0.29) is 12.0 Å². The molecule has 2 heterocycles. The van der Waals surface area contributed by atoms with Gasteiger partial charge in [0.2, 0.25) is 5.76 Å². The molecule has 138 valence electrons. The van der Waals surface area contributed by atoms with Crippen LogP contribution in [0.1, 0.15) is 41.1 Å². The van der Waals surface area contributed by atoms with E-state index in [2.05, 4.69) is 29.4 Å². The summed E-state index contributed by atoms with van der Waals surface area (Å²) in [5, 5.41) is 3.84. The van der Waals surface area contributed by atoms with Gasteiger partial charge in [0, 0.05) is 31.7 Å². The third-order valence-corrected chi connectivity index (χ3v) is 5.37. The van der Waals surface area contributed by atoms with Gasteiger partial charge in [-0.05, 0) is 44.1 Å². The second-order valence-corrected chi connectivity index (χ2v) is 7.64. The highest BCUT2D eigenvalue weighted by atomic mass is 16.5. The lowest BCUT2D eigenvalue weighted by Crippen LogP contribution is -2.47. The Bertz CT molecular complexity index is 739. The number of amides is 1. The SMILES string of the molecule is Cc1cc(C(=O)N2CC[C@@H](OCC3CC3)[C@H](Cc3ccccc3)C2)on1. The third kappa shape index (κ3) is 4.15. The molecule has 1 saturated heterocycles. The number of carbonyl (C=O) groups is 1. The Hall–Kier alpha value is -2.14. The summed E-state index contributed by atoms with van der Waals surface area (Å²) in [7, 11) is 0. The van der Waals surface area contributed by atoms with Gasteiger partial charge < -0.3 is 14.2 Å². The second kappa shape index (κ2) is 7.62. The third-order valence-electron chi connectivity index (χ3n) is 5.37. The van der Waals surface area contributed by atoms with Crippen LogP contribution in [0.3, 0.4) is 0 Å². The number of rotatable bonds is 6. The second-order valence-electron chi connectivity index (χ2n) is 7.64. The van der Waals surface area contributed by atoms with Crippen molar-refractivity contribution in [1.29, 1.82) is 0 Å². The fourth-order valence-electron chi connectivity index (χ4n) is 3.69. The van der Waals surface area contributed by atoms with E-state index in [4.69, 9.17) is 9.26 Å². The number of likely N-dealkylation sites (tertiary alicyclic amines) is 1. The lowest BCUT2D eigenvalue weighted by Gasteiger charge is -2.38. The van der Waals surface area contributed by atoms with Gasteiger partial charge in [0.25, 0.3) is 5.91 Å². The first kappa shape index (κ1) is 17.3. The van der Waals surface area contributed by atoms with Crippen LogP contribution >= 0.6 is 0 Å². The maximum atomic E-state index is 12.7. The van der Waals surface area contributed by atoms with E-state index in [0.717, 1.165) is 31.1 Å². The van der Waals surface area contributed by atoms with Crippen molar-refractivity contribution in [3.63, 3.8) is 0 Å². The highest BCUT2D eigenvalue weighted by molar-refractivity contribution is 5.91. The topological polar surface area (TPSA) is 55.6 Å². The van der Waals surface area contributed by atoms with Crippen LogP contribution in [0.4, 0.5) is 0 Å². The summed E-state index contributed by atoms with van der Waals surface area (Å²) >= 11 is 0. The van der Waals surface area contributed by atoms with Crippen molar-refractivity contribution in [2.45, 2.75) is 38.7 Å². The zero-order chi connectivity index (χ0) is 17.9.